The van der Waals surface area contributed by atoms with E-state index in [9.17, 15) is 22.4 Å². The first-order valence-corrected chi connectivity index (χ1v) is 6.70. The monoisotopic (exact) mass is 410 g/mol. The van der Waals surface area contributed by atoms with Gasteiger partial charge in [-0.25, -0.2) is 9.18 Å². The van der Waals surface area contributed by atoms with Gasteiger partial charge in [-0.15, -0.1) is 0 Å². The van der Waals surface area contributed by atoms with Gasteiger partial charge in [0.25, 0.3) is 0 Å². The Kier molecular flexibility index (Phi) is 4.50. The van der Waals surface area contributed by atoms with Crippen molar-refractivity contribution in [3.05, 3.63) is 53.8 Å². The molecule has 0 aliphatic heterocycles. The molecular weight excluding hydrogens is 403 g/mol. The largest absolute Gasteiger partial charge is 0.419 e. The van der Waals surface area contributed by atoms with Crippen LogP contribution >= 0.6 is 22.6 Å². The van der Waals surface area contributed by atoms with E-state index in [1.165, 1.54) is 46.9 Å². The van der Waals surface area contributed by atoms with E-state index in [0.29, 0.717) is 5.56 Å². The van der Waals surface area contributed by atoms with Crippen LogP contribution in [0.3, 0.4) is 0 Å². The van der Waals surface area contributed by atoms with Gasteiger partial charge in [-0.3, -0.25) is 0 Å². The van der Waals surface area contributed by atoms with Crippen molar-refractivity contribution in [3.63, 3.8) is 0 Å². The number of benzene rings is 2. The fraction of sp³-hybridized carbons (Fsp3) is 0.0714. The highest BCUT2D eigenvalue weighted by molar-refractivity contribution is 14.1. The van der Waals surface area contributed by atoms with Crippen LogP contribution in [-0.4, -0.2) is 3.98 Å². The Morgan fingerprint density at radius 1 is 1.05 bits per heavy atom. The number of halogens is 5. The van der Waals surface area contributed by atoms with Crippen LogP contribution in [0.1, 0.15) is 5.56 Å². The third-order valence-electron chi connectivity index (χ3n) is 2.66. The number of alkyl halides is 3. The maximum atomic E-state index is 13.9. The average molecular weight is 410 g/mol. The minimum absolute atomic E-state index is 0.0301. The summed E-state index contributed by atoms with van der Waals surface area (Å²) in [6, 6.07) is 7.85. The Morgan fingerprint density at radius 2 is 1.67 bits per heavy atom. The topological polar surface area (TPSA) is 26.3 Å². The summed E-state index contributed by atoms with van der Waals surface area (Å²) in [5, 5.41) is 0. The summed E-state index contributed by atoms with van der Waals surface area (Å²) in [4.78, 5) is 10.7. The quantitative estimate of drug-likeness (QED) is 0.374. The molecule has 2 rings (SSSR count). The summed E-state index contributed by atoms with van der Waals surface area (Å²) >= 11 is 1.40. The molecule has 0 N–H and O–H groups in total. The molecule has 0 amide bonds. The van der Waals surface area contributed by atoms with Crippen molar-refractivity contribution in [2.45, 2.75) is 6.18 Å². The molecule has 0 aliphatic rings. The average Bonchev–Trinajstić information content (AvgIpc) is 2.37. The highest BCUT2D eigenvalue weighted by Gasteiger charge is 2.30. The first kappa shape index (κ1) is 15.7. The minimum atomic E-state index is -4.44. The van der Waals surface area contributed by atoms with Gasteiger partial charge in [0.1, 0.15) is 11.6 Å². The van der Waals surface area contributed by atoms with Crippen LogP contribution in [0.4, 0.5) is 22.4 Å². The highest BCUT2D eigenvalue weighted by Crippen LogP contribution is 2.32. The fourth-order valence-electron chi connectivity index (χ4n) is 1.72. The van der Waals surface area contributed by atoms with E-state index in [-0.39, 0.29) is 11.3 Å². The number of hydrogen-bond donors (Lipinski definition) is 0. The van der Waals surface area contributed by atoms with E-state index < -0.39 is 21.5 Å². The van der Waals surface area contributed by atoms with Gasteiger partial charge < -0.3 is 4.74 Å². The summed E-state index contributed by atoms with van der Waals surface area (Å²) in [5.74, 6) is -0.660. The Balaban J connectivity index is 2.32. The molecule has 110 valence electrons. The van der Waals surface area contributed by atoms with Crippen LogP contribution in [-0.2, 0) is 6.18 Å². The van der Waals surface area contributed by atoms with E-state index in [2.05, 4.69) is 0 Å². The second-order valence-corrected chi connectivity index (χ2v) is 4.94. The van der Waals surface area contributed by atoms with Crippen molar-refractivity contribution in [1.29, 1.82) is 0 Å². The van der Waals surface area contributed by atoms with E-state index in [0.717, 1.165) is 18.2 Å². The molecule has 0 atom stereocenters. The molecule has 2 aromatic carbocycles. The fourth-order valence-corrected chi connectivity index (χ4v) is 1.98. The molecular formula is C14H7F4IO2. The van der Waals surface area contributed by atoms with Crippen molar-refractivity contribution in [1.82, 2.24) is 0 Å². The van der Waals surface area contributed by atoms with Crippen molar-refractivity contribution in [3.8, 4) is 16.9 Å². The van der Waals surface area contributed by atoms with Crippen molar-refractivity contribution < 1.29 is 27.1 Å². The molecule has 21 heavy (non-hydrogen) atoms. The smallest absolute Gasteiger partial charge is 0.416 e. The van der Waals surface area contributed by atoms with E-state index in [1.807, 2.05) is 0 Å². The zero-order chi connectivity index (χ0) is 15.6. The highest BCUT2D eigenvalue weighted by atomic mass is 127. The molecule has 0 bridgehead atoms. The van der Waals surface area contributed by atoms with Gasteiger partial charge in [-0.05, 0) is 29.8 Å². The molecule has 0 radical (unpaired) electrons. The van der Waals surface area contributed by atoms with Gasteiger partial charge in [0.05, 0.1) is 28.2 Å². The maximum Gasteiger partial charge on any atom is 0.416 e. The Labute approximate surface area is 130 Å². The molecule has 0 aromatic heterocycles. The SMILES string of the molecule is O=C(I)Oc1ccc(-c2ccc(C(F)(F)F)cc2)c(F)c1. The van der Waals surface area contributed by atoms with Gasteiger partial charge in [0.15, 0.2) is 0 Å². The molecule has 0 saturated carbocycles. The second-order valence-electron chi connectivity index (χ2n) is 4.06. The maximum absolute atomic E-state index is 13.9. The number of rotatable bonds is 2. The molecule has 7 heteroatoms. The van der Waals surface area contributed by atoms with Crippen LogP contribution in [0.2, 0.25) is 0 Å². The van der Waals surface area contributed by atoms with Crippen molar-refractivity contribution >= 4 is 26.6 Å². The summed E-state index contributed by atoms with van der Waals surface area (Å²) in [5.41, 5.74) is -0.382. The van der Waals surface area contributed by atoms with Gasteiger partial charge in [-0.2, -0.15) is 13.2 Å². The Bertz CT molecular complexity index is 666. The molecule has 0 saturated heterocycles. The lowest BCUT2D eigenvalue weighted by molar-refractivity contribution is -0.137. The van der Waals surface area contributed by atoms with Crippen molar-refractivity contribution in [2.75, 3.05) is 0 Å². The number of hydrogen-bond acceptors (Lipinski definition) is 2. The molecule has 2 aromatic rings. The minimum Gasteiger partial charge on any atom is -0.419 e. The first-order valence-electron chi connectivity index (χ1n) is 5.62. The van der Waals surface area contributed by atoms with Crippen LogP contribution in [0.25, 0.3) is 11.1 Å². The number of ether oxygens (including phenoxy) is 1. The van der Waals surface area contributed by atoms with Gasteiger partial charge in [0, 0.05) is 11.6 Å². The lowest BCUT2D eigenvalue weighted by atomic mass is 10.0. The summed E-state index contributed by atoms with van der Waals surface area (Å²) in [6.07, 6.45) is -4.44. The standard InChI is InChI=1S/C14H7F4IO2/c15-12-7-10(21-13(19)20)5-6-11(12)8-1-3-9(4-2-8)14(16,17)18/h1-7H. The third kappa shape index (κ3) is 3.93. The molecule has 0 unspecified atom stereocenters. The number of carbonyl (C=O) groups is 1. The second kappa shape index (κ2) is 6.00. The van der Waals surface area contributed by atoms with Crippen LogP contribution in [0.15, 0.2) is 42.5 Å². The van der Waals surface area contributed by atoms with E-state index in [1.54, 1.807) is 0 Å². The lowest BCUT2D eigenvalue weighted by Crippen LogP contribution is -2.04. The third-order valence-corrected chi connectivity index (χ3v) is 2.88. The van der Waals surface area contributed by atoms with Gasteiger partial charge in [0.2, 0.25) is 0 Å². The zero-order valence-corrected chi connectivity index (χ0v) is 12.4. The Morgan fingerprint density at radius 3 is 2.14 bits per heavy atom. The zero-order valence-electron chi connectivity index (χ0n) is 10.2. The number of carbonyl (C=O) groups excluding carboxylic acids is 1. The Hall–Kier alpha value is -1.64. The normalized spacial score (nSPS) is 11.3. The predicted octanol–water partition coefficient (Wildman–Crippen LogP) is 5.45. The summed E-state index contributed by atoms with van der Waals surface area (Å²) in [6.45, 7) is 0. The molecule has 0 fully saturated rings. The summed E-state index contributed by atoms with van der Waals surface area (Å²) in [7, 11) is 0. The predicted molar refractivity (Wildman–Crippen MR) is 76.9 cm³/mol. The molecule has 0 aliphatic carbocycles. The molecule has 0 heterocycles. The van der Waals surface area contributed by atoms with E-state index >= 15 is 0 Å². The molecule has 0 spiro atoms. The summed E-state index contributed by atoms with van der Waals surface area (Å²) < 4.78 is 55.4. The van der Waals surface area contributed by atoms with Crippen LogP contribution in [0, 0.1) is 5.82 Å². The van der Waals surface area contributed by atoms with E-state index in [4.69, 9.17) is 4.74 Å². The van der Waals surface area contributed by atoms with Crippen molar-refractivity contribution in [2.24, 2.45) is 0 Å². The van der Waals surface area contributed by atoms with Crippen LogP contribution < -0.4 is 4.74 Å². The van der Waals surface area contributed by atoms with Crippen LogP contribution in [0.5, 0.6) is 5.75 Å². The molecule has 2 nitrogen and oxygen atoms in total. The van der Waals surface area contributed by atoms with Gasteiger partial charge >= 0.3 is 10.2 Å². The lowest BCUT2D eigenvalue weighted by Gasteiger charge is -2.09. The first-order chi connectivity index (χ1) is 9.77. The van der Waals surface area contributed by atoms with Gasteiger partial charge in [-0.1, -0.05) is 12.1 Å².